The van der Waals surface area contributed by atoms with Crippen molar-refractivity contribution in [2.24, 2.45) is 5.92 Å². The lowest BCUT2D eigenvalue weighted by Gasteiger charge is -2.36. The van der Waals surface area contributed by atoms with Gasteiger partial charge < -0.3 is 15.3 Å². The number of nitrogens with zero attached hydrogens (tertiary/aromatic N) is 2. The number of aliphatic carboxylic acids is 1. The molecule has 2 aliphatic rings. The Morgan fingerprint density at radius 2 is 1.80 bits per heavy atom. The first kappa shape index (κ1) is 15.1. The maximum atomic E-state index is 12.1. The number of rotatable bonds is 5. The van der Waals surface area contributed by atoms with E-state index in [-0.39, 0.29) is 12.5 Å². The summed E-state index contributed by atoms with van der Waals surface area (Å²) in [5.41, 5.74) is -0.714. The Hall–Kier alpha value is -1.30. The van der Waals surface area contributed by atoms with Crippen LogP contribution >= 0.6 is 0 Å². The van der Waals surface area contributed by atoms with Crippen molar-refractivity contribution < 1.29 is 14.7 Å². The molecule has 1 aliphatic carbocycles. The number of carbonyl (C=O) groups excluding carboxylic acids is 1. The first-order valence-corrected chi connectivity index (χ1v) is 7.37. The lowest BCUT2D eigenvalue weighted by atomic mass is 10.0. The second-order valence-electron chi connectivity index (χ2n) is 6.62. The number of nitrogens with one attached hydrogen (secondary N) is 1. The van der Waals surface area contributed by atoms with Crippen molar-refractivity contribution >= 4 is 12.0 Å². The summed E-state index contributed by atoms with van der Waals surface area (Å²) >= 11 is 0. The van der Waals surface area contributed by atoms with Crippen LogP contribution in [0.25, 0.3) is 0 Å². The van der Waals surface area contributed by atoms with Crippen molar-refractivity contribution in [3.8, 4) is 0 Å². The van der Waals surface area contributed by atoms with Gasteiger partial charge >= 0.3 is 12.0 Å². The molecule has 2 rings (SSSR count). The third-order valence-corrected chi connectivity index (χ3v) is 3.91. The highest BCUT2D eigenvalue weighted by Crippen LogP contribution is 2.29. The van der Waals surface area contributed by atoms with Crippen molar-refractivity contribution in [1.29, 1.82) is 0 Å². The smallest absolute Gasteiger partial charge is 0.317 e. The molecule has 114 valence electrons. The number of amides is 2. The average Bonchev–Trinajstić information content (AvgIpc) is 3.11. The zero-order chi connectivity index (χ0) is 14.8. The predicted octanol–water partition coefficient (Wildman–Crippen LogP) is 0.977. The second-order valence-corrected chi connectivity index (χ2v) is 6.62. The van der Waals surface area contributed by atoms with Crippen molar-refractivity contribution in [2.75, 3.05) is 32.7 Å². The molecule has 2 fully saturated rings. The van der Waals surface area contributed by atoms with Crippen molar-refractivity contribution in [3.05, 3.63) is 0 Å². The summed E-state index contributed by atoms with van der Waals surface area (Å²) in [4.78, 5) is 27.1. The van der Waals surface area contributed by atoms with Crippen LogP contribution in [0.3, 0.4) is 0 Å². The van der Waals surface area contributed by atoms with Crippen LogP contribution in [0.1, 0.15) is 33.1 Å². The minimum absolute atomic E-state index is 0.0691. The Balaban J connectivity index is 1.74. The van der Waals surface area contributed by atoms with Crippen LogP contribution in [-0.4, -0.2) is 65.2 Å². The van der Waals surface area contributed by atoms with Crippen LogP contribution in [0.2, 0.25) is 0 Å². The molecule has 0 aromatic rings. The Labute approximate surface area is 120 Å². The largest absolute Gasteiger partial charge is 0.481 e. The van der Waals surface area contributed by atoms with E-state index in [0.29, 0.717) is 0 Å². The van der Waals surface area contributed by atoms with E-state index < -0.39 is 11.5 Å². The molecule has 0 radical (unpaired) electrons. The number of hydrogen-bond acceptors (Lipinski definition) is 3. The third-order valence-electron chi connectivity index (χ3n) is 3.91. The number of carbonyl (C=O) groups is 2. The fraction of sp³-hybridized carbons (Fsp3) is 0.857. The Bertz CT molecular complexity index is 372. The van der Waals surface area contributed by atoms with Crippen LogP contribution in [0.5, 0.6) is 0 Å². The monoisotopic (exact) mass is 283 g/mol. The van der Waals surface area contributed by atoms with Crippen molar-refractivity contribution in [3.63, 3.8) is 0 Å². The van der Waals surface area contributed by atoms with E-state index in [9.17, 15) is 9.59 Å². The topological polar surface area (TPSA) is 72.9 Å². The fourth-order valence-electron chi connectivity index (χ4n) is 2.59. The maximum Gasteiger partial charge on any atom is 0.317 e. The highest BCUT2D eigenvalue weighted by atomic mass is 16.4. The van der Waals surface area contributed by atoms with Gasteiger partial charge in [-0.15, -0.1) is 0 Å². The molecular formula is C14H25N3O3. The minimum Gasteiger partial charge on any atom is -0.481 e. The molecule has 6 nitrogen and oxygen atoms in total. The zero-order valence-electron chi connectivity index (χ0n) is 12.4. The quantitative estimate of drug-likeness (QED) is 0.789. The molecule has 0 aromatic heterocycles. The Morgan fingerprint density at radius 3 is 2.30 bits per heavy atom. The molecule has 0 spiro atoms. The second kappa shape index (κ2) is 5.99. The van der Waals surface area contributed by atoms with E-state index in [4.69, 9.17) is 5.11 Å². The molecule has 0 unspecified atom stereocenters. The van der Waals surface area contributed by atoms with Gasteiger partial charge in [0, 0.05) is 38.3 Å². The minimum atomic E-state index is -0.899. The molecule has 0 bridgehead atoms. The maximum absolute atomic E-state index is 12.1. The number of urea groups is 1. The van der Waals surface area contributed by atoms with Gasteiger partial charge in [-0.3, -0.25) is 9.69 Å². The molecule has 2 amide bonds. The van der Waals surface area contributed by atoms with E-state index in [1.54, 1.807) is 18.7 Å². The van der Waals surface area contributed by atoms with Crippen molar-refractivity contribution in [2.45, 2.75) is 38.6 Å². The van der Waals surface area contributed by atoms with Gasteiger partial charge in [-0.25, -0.2) is 4.79 Å². The molecule has 6 heteroatoms. The van der Waals surface area contributed by atoms with E-state index in [2.05, 4.69) is 10.2 Å². The average molecular weight is 283 g/mol. The summed E-state index contributed by atoms with van der Waals surface area (Å²) in [6.45, 7) is 7.93. The van der Waals surface area contributed by atoms with E-state index in [0.717, 1.165) is 32.1 Å². The molecule has 2 N–H and O–H groups in total. The molecule has 1 saturated carbocycles. The summed E-state index contributed by atoms with van der Waals surface area (Å²) in [5.74, 6) is -0.0190. The van der Waals surface area contributed by atoms with Gasteiger partial charge in [0.1, 0.15) is 0 Å². The summed E-state index contributed by atoms with van der Waals surface area (Å²) in [6.07, 6.45) is 2.63. The summed E-state index contributed by atoms with van der Waals surface area (Å²) in [5, 5.41) is 11.6. The molecule has 1 aliphatic heterocycles. The van der Waals surface area contributed by atoms with Crippen LogP contribution in [0.15, 0.2) is 0 Å². The van der Waals surface area contributed by atoms with E-state index in [1.165, 1.54) is 19.4 Å². The normalized spacial score (nSPS) is 20.8. The van der Waals surface area contributed by atoms with E-state index in [1.807, 2.05) is 0 Å². The van der Waals surface area contributed by atoms with Crippen LogP contribution in [0.4, 0.5) is 4.79 Å². The van der Waals surface area contributed by atoms with Gasteiger partial charge in [-0.2, -0.15) is 0 Å². The fourth-order valence-corrected chi connectivity index (χ4v) is 2.59. The number of piperazine rings is 1. The molecule has 1 saturated heterocycles. The molecule has 0 atom stereocenters. The van der Waals surface area contributed by atoms with Gasteiger partial charge in [0.25, 0.3) is 0 Å². The highest BCUT2D eigenvalue weighted by molar-refractivity contribution is 5.76. The number of carboxylic acids is 1. The van der Waals surface area contributed by atoms with Crippen LogP contribution in [-0.2, 0) is 4.79 Å². The molecule has 20 heavy (non-hydrogen) atoms. The number of hydrogen-bond donors (Lipinski definition) is 2. The van der Waals surface area contributed by atoms with Gasteiger partial charge in [0.2, 0.25) is 0 Å². The first-order chi connectivity index (χ1) is 9.35. The lowest BCUT2D eigenvalue weighted by Crippen LogP contribution is -2.56. The summed E-state index contributed by atoms with van der Waals surface area (Å²) in [6, 6.07) is -0.151. The summed E-state index contributed by atoms with van der Waals surface area (Å²) < 4.78 is 0. The SMILES string of the molecule is CC(C)(CC(=O)O)NC(=O)N1CCN(CC2CC2)CC1. The molecule has 0 aromatic carbocycles. The van der Waals surface area contributed by atoms with Gasteiger partial charge in [-0.1, -0.05) is 0 Å². The van der Waals surface area contributed by atoms with Crippen LogP contribution < -0.4 is 5.32 Å². The first-order valence-electron chi connectivity index (χ1n) is 7.37. The summed E-state index contributed by atoms with van der Waals surface area (Å²) in [7, 11) is 0. The molecule has 1 heterocycles. The standard InChI is InChI=1S/C14H25N3O3/c1-14(2,9-12(18)19)15-13(20)17-7-5-16(6-8-17)10-11-3-4-11/h11H,3-10H2,1-2H3,(H,15,20)(H,18,19). The Morgan fingerprint density at radius 1 is 1.20 bits per heavy atom. The van der Waals surface area contributed by atoms with Crippen LogP contribution in [0, 0.1) is 5.92 Å². The third kappa shape index (κ3) is 4.67. The lowest BCUT2D eigenvalue weighted by molar-refractivity contribution is -0.138. The predicted molar refractivity (Wildman–Crippen MR) is 75.6 cm³/mol. The van der Waals surface area contributed by atoms with Crippen molar-refractivity contribution in [1.82, 2.24) is 15.1 Å². The molecular weight excluding hydrogens is 258 g/mol. The van der Waals surface area contributed by atoms with Gasteiger partial charge in [-0.05, 0) is 32.6 Å². The van der Waals surface area contributed by atoms with Gasteiger partial charge in [0.15, 0.2) is 0 Å². The highest BCUT2D eigenvalue weighted by Gasteiger charge is 2.30. The number of carboxylic acid groups (broad SMARTS) is 1. The Kier molecular flexibility index (Phi) is 4.52. The zero-order valence-corrected chi connectivity index (χ0v) is 12.4. The van der Waals surface area contributed by atoms with Gasteiger partial charge in [0.05, 0.1) is 6.42 Å². The van der Waals surface area contributed by atoms with E-state index >= 15 is 0 Å².